The topological polar surface area (TPSA) is 64.6 Å². The predicted molar refractivity (Wildman–Crippen MR) is 105 cm³/mol. The molecule has 3 aromatic rings. The Balaban J connectivity index is 1.80. The molecule has 6 heteroatoms. The van der Waals surface area contributed by atoms with Crippen LogP contribution in [0, 0.1) is 0 Å². The largest absolute Gasteiger partial charge is 0.496 e. The van der Waals surface area contributed by atoms with E-state index < -0.39 is 10.0 Å². The lowest BCUT2D eigenvalue weighted by Gasteiger charge is -2.14. The molecule has 0 aliphatic rings. The summed E-state index contributed by atoms with van der Waals surface area (Å²) in [5.41, 5.74) is 2.64. The molecular formula is C21H21NO4S. The monoisotopic (exact) mass is 383 g/mol. The molecule has 27 heavy (non-hydrogen) atoms. The third-order valence-corrected chi connectivity index (χ3v) is 5.66. The second-order valence-corrected chi connectivity index (χ2v) is 7.62. The molecule has 140 valence electrons. The number of methoxy groups -OCH3 is 2. The molecule has 5 nitrogen and oxygen atoms in total. The SMILES string of the molecule is COc1cccc(OC)c1CNS(=O)(=O)c1ccc(-c2ccccc2)cc1. The van der Waals surface area contributed by atoms with Gasteiger partial charge in [-0.15, -0.1) is 0 Å². The quantitative estimate of drug-likeness (QED) is 0.673. The first-order chi connectivity index (χ1) is 13.0. The normalized spacial score (nSPS) is 11.2. The minimum Gasteiger partial charge on any atom is -0.496 e. The lowest BCUT2D eigenvalue weighted by Crippen LogP contribution is -2.23. The maximum atomic E-state index is 12.7. The molecule has 0 bridgehead atoms. The summed E-state index contributed by atoms with van der Waals surface area (Å²) in [7, 11) is -0.595. The molecule has 0 heterocycles. The number of sulfonamides is 1. The molecule has 0 fully saturated rings. The molecule has 3 aromatic carbocycles. The van der Waals surface area contributed by atoms with Crippen LogP contribution in [0.3, 0.4) is 0 Å². The summed E-state index contributed by atoms with van der Waals surface area (Å²) in [4.78, 5) is 0.205. The lowest BCUT2D eigenvalue weighted by molar-refractivity contribution is 0.384. The van der Waals surface area contributed by atoms with E-state index in [2.05, 4.69) is 4.72 Å². The Kier molecular flexibility index (Phi) is 5.78. The van der Waals surface area contributed by atoms with E-state index in [1.165, 1.54) is 14.2 Å². The number of nitrogens with one attached hydrogen (secondary N) is 1. The van der Waals surface area contributed by atoms with Crippen LogP contribution in [0.25, 0.3) is 11.1 Å². The fourth-order valence-electron chi connectivity index (χ4n) is 2.81. The molecule has 0 saturated carbocycles. The number of hydrogen-bond donors (Lipinski definition) is 1. The third kappa shape index (κ3) is 4.30. The highest BCUT2D eigenvalue weighted by Gasteiger charge is 2.17. The summed E-state index contributed by atoms with van der Waals surface area (Å²) in [6.07, 6.45) is 0. The first kappa shape index (κ1) is 18.9. The van der Waals surface area contributed by atoms with Gasteiger partial charge in [-0.3, -0.25) is 0 Å². The molecule has 0 radical (unpaired) electrons. The summed E-state index contributed by atoms with van der Waals surface area (Å²) in [5.74, 6) is 1.13. The number of rotatable bonds is 7. The molecular weight excluding hydrogens is 362 g/mol. The summed E-state index contributed by atoms with van der Waals surface area (Å²) in [6, 6.07) is 21.9. The van der Waals surface area contributed by atoms with Crippen molar-refractivity contribution in [2.24, 2.45) is 0 Å². The fraction of sp³-hybridized carbons (Fsp3) is 0.143. The molecule has 0 spiro atoms. The third-order valence-electron chi connectivity index (χ3n) is 4.24. The Morgan fingerprint density at radius 1 is 0.741 bits per heavy atom. The number of ether oxygens (including phenoxy) is 2. The molecule has 0 aliphatic carbocycles. The summed E-state index contributed by atoms with van der Waals surface area (Å²) in [6.45, 7) is 0.0654. The predicted octanol–water partition coefficient (Wildman–Crippen LogP) is 3.85. The van der Waals surface area contributed by atoms with Gasteiger partial charge in [0.05, 0.1) is 24.7 Å². The van der Waals surface area contributed by atoms with Gasteiger partial charge < -0.3 is 9.47 Å². The van der Waals surface area contributed by atoms with Crippen LogP contribution in [0.5, 0.6) is 11.5 Å². The fourth-order valence-corrected chi connectivity index (χ4v) is 3.81. The van der Waals surface area contributed by atoms with Gasteiger partial charge in [0.25, 0.3) is 0 Å². The Labute approximate surface area is 159 Å². The van der Waals surface area contributed by atoms with Crippen molar-refractivity contribution >= 4 is 10.0 Å². The minimum absolute atomic E-state index is 0.0654. The van der Waals surface area contributed by atoms with Gasteiger partial charge in [0.15, 0.2) is 0 Å². The average Bonchev–Trinajstić information content (AvgIpc) is 2.72. The van der Waals surface area contributed by atoms with E-state index >= 15 is 0 Å². The van der Waals surface area contributed by atoms with Crippen molar-refractivity contribution in [2.75, 3.05) is 14.2 Å². The smallest absolute Gasteiger partial charge is 0.240 e. The highest BCUT2D eigenvalue weighted by atomic mass is 32.2. The summed E-state index contributed by atoms with van der Waals surface area (Å²) in [5, 5.41) is 0. The van der Waals surface area contributed by atoms with Crippen LogP contribution < -0.4 is 14.2 Å². The van der Waals surface area contributed by atoms with Crippen LogP contribution in [0.4, 0.5) is 0 Å². The van der Waals surface area contributed by atoms with E-state index in [0.717, 1.165) is 11.1 Å². The summed E-state index contributed by atoms with van der Waals surface area (Å²) < 4.78 is 38.5. The van der Waals surface area contributed by atoms with E-state index in [9.17, 15) is 8.42 Å². The molecule has 0 amide bonds. The van der Waals surface area contributed by atoms with Crippen LogP contribution in [-0.2, 0) is 16.6 Å². The Morgan fingerprint density at radius 2 is 1.30 bits per heavy atom. The van der Waals surface area contributed by atoms with E-state index in [-0.39, 0.29) is 11.4 Å². The zero-order valence-electron chi connectivity index (χ0n) is 15.2. The lowest BCUT2D eigenvalue weighted by atomic mass is 10.1. The molecule has 0 unspecified atom stereocenters. The van der Waals surface area contributed by atoms with E-state index in [1.54, 1.807) is 42.5 Å². The van der Waals surface area contributed by atoms with Crippen LogP contribution in [0.1, 0.15) is 5.56 Å². The van der Waals surface area contributed by atoms with E-state index in [4.69, 9.17) is 9.47 Å². The first-order valence-corrected chi connectivity index (χ1v) is 9.88. The van der Waals surface area contributed by atoms with Crippen molar-refractivity contribution in [1.82, 2.24) is 4.72 Å². The summed E-state index contributed by atoms with van der Waals surface area (Å²) >= 11 is 0. The number of benzene rings is 3. The zero-order valence-corrected chi connectivity index (χ0v) is 16.0. The molecule has 0 aliphatic heterocycles. The van der Waals surface area contributed by atoms with Gasteiger partial charge in [-0.25, -0.2) is 13.1 Å². The highest BCUT2D eigenvalue weighted by Crippen LogP contribution is 2.28. The maximum absolute atomic E-state index is 12.7. The Bertz CT molecular complexity index is 978. The minimum atomic E-state index is -3.67. The van der Waals surface area contributed by atoms with Crippen molar-refractivity contribution in [2.45, 2.75) is 11.4 Å². The second kappa shape index (κ2) is 8.24. The number of hydrogen-bond acceptors (Lipinski definition) is 4. The maximum Gasteiger partial charge on any atom is 0.240 e. The van der Waals surface area contributed by atoms with Crippen LogP contribution in [0.2, 0.25) is 0 Å². The second-order valence-electron chi connectivity index (χ2n) is 5.86. The van der Waals surface area contributed by atoms with Crippen LogP contribution in [-0.4, -0.2) is 22.6 Å². The van der Waals surface area contributed by atoms with Crippen LogP contribution in [0.15, 0.2) is 77.7 Å². The van der Waals surface area contributed by atoms with Crippen molar-refractivity contribution in [3.05, 3.63) is 78.4 Å². The average molecular weight is 383 g/mol. The van der Waals surface area contributed by atoms with Gasteiger partial charge >= 0.3 is 0 Å². The van der Waals surface area contributed by atoms with Crippen molar-refractivity contribution in [1.29, 1.82) is 0 Å². The van der Waals surface area contributed by atoms with Gasteiger partial charge in [0, 0.05) is 6.54 Å². The van der Waals surface area contributed by atoms with Gasteiger partial charge in [0.1, 0.15) is 11.5 Å². The van der Waals surface area contributed by atoms with Gasteiger partial charge in [0.2, 0.25) is 10.0 Å². The van der Waals surface area contributed by atoms with E-state index in [0.29, 0.717) is 17.1 Å². The standard InChI is InChI=1S/C21H21NO4S/c1-25-20-9-6-10-21(26-2)19(20)15-22-27(23,24)18-13-11-17(12-14-18)16-7-4-3-5-8-16/h3-14,22H,15H2,1-2H3. The van der Waals surface area contributed by atoms with Crippen molar-refractivity contribution in [3.8, 4) is 22.6 Å². The van der Waals surface area contributed by atoms with Gasteiger partial charge in [-0.05, 0) is 35.4 Å². The van der Waals surface area contributed by atoms with Crippen LogP contribution >= 0.6 is 0 Å². The molecule has 1 N–H and O–H groups in total. The molecule has 3 rings (SSSR count). The van der Waals surface area contributed by atoms with Crippen molar-refractivity contribution in [3.63, 3.8) is 0 Å². The highest BCUT2D eigenvalue weighted by molar-refractivity contribution is 7.89. The van der Waals surface area contributed by atoms with E-state index in [1.807, 2.05) is 30.3 Å². The zero-order chi connectivity index (χ0) is 19.3. The first-order valence-electron chi connectivity index (χ1n) is 8.40. The molecule has 0 aromatic heterocycles. The molecule has 0 atom stereocenters. The van der Waals surface area contributed by atoms with Gasteiger partial charge in [-0.1, -0.05) is 48.5 Å². The Hall–Kier alpha value is -2.83. The van der Waals surface area contributed by atoms with Crippen molar-refractivity contribution < 1.29 is 17.9 Å². The Morgan fingerprint density at radius 3 is 1.85 bits per heavy atom. The molecule has 0 saturated heterocycles. The van der Waals surface area contributed by atoms with Gasteiger partial charge in [-0.2, -0.15) is 0 Å².